The fourth-order valence-corrected chi connectivity index (χ4v) is 3.98. The van der Waals surface area contributed by atoms with Crippen LogP contribution >= 0.6 is 22.6 Å². The van der Waals surface area contributed by atoms with E-state index in [1.165, 1.54) is 77.0 Å². The zero-order chi connectivity index (χ0) is 23.1. The van der Waals surface area contributed by atoms with Crippen molar-refractivity contribution in [3.63, 3.8) is 0 Å². The molecule has 0 aliphatic heterocycles. The maximum absolute atomic E-state index is 9.46. The van der Waals surface area contributed by atoms with Gasteiger partial charge in [-0.2, -0.15) is 0 Å². The van der Waals surface area contributed by atoms with Crippen LogP contribution in [0.2, 0.25) is 0 Å². The molecule has 32 heavy (non-hydrogen) atoms. The lowest BCUT2D eigenvalue weighted by Crippen LogP contribution is -2.03. The highest BCUT2D eigenvalue weighted by Crippen LogP contribution is 2.29. The minimum absolute atomic E-state index is 0.0253. The van der Waals surface area contributed by atoms with Crippen molar-refractivity contribution in [1.29, 1.82) is 0 Å². The molecule has 0 aliphatic rings. The minimum atomic E-state index is 0.0253. The van der Waals surface area contributed by atoms with E-state index in [4.69, 9.17) is 9.47 Å². The molecule has 0 amide bonds. The van der Waals surface area contributed by atoms with E-state index in [0.29, 0.717) is 6.61 Å². The molecule has 3 nitrogen and oxygen atoms in total. The Bertz CT molecular complexity index is 613. The molecule has 0 aliphatic carbocycles. The van der Waals surface area contributed by atoms with Crippen LogP contribution in [-0.4, -0.2) is 18.3 Å². The van der Waals surface area contributed by atoms with Gasteiger partial charge in [0, 0.05) is 0 Å². The largest absolute Gasteiger partial charge is 0.490 e. The van der Waals surface area contributed by atoms with E-state index in [1.807, 2.05) is 18.2 Å². The first-order valence-corrected chi connectivity index (χ1v) is 13.9. The van der Waals surface area contributed by atoms with E-state index in [-0.39, 0.29) is 6.61 Å². The monoisotopic (exact) mass is 556 g/mol. The predicted octanol–water partition coefficient (Wildman–Crippen LogP) is 8.92. The van der Waals surface area contributed by atoms with Crippen molar-refractivity contribution in [3.05, 3.63) is 46.1 Å². The van der Waals surface area contributed by atoms with Gasteiger partial charge in [-0.15, -0.1) is 0 Å². The molecule has 4 heteroatoms. The zero-order valence-corrected chi connectivity index (χ0v) is 22.4. The first-order chi connectivity index (χ1) is 15.8. The number of hydrogen-bond donors (Lipinski definition) is 1. The lowest BCUT2D eigenvalue weighted by molar-refractivity contribution is 0.254. The van der Waals surface area contributed by atoms with Gasteiger partial charge in [-0.05, 0) is 67.2 Å². The van der Waals surface area contributed by atoms with Crippen molar-refractivity contribution in [2.45, 2.75) is 103 Å². The smallest absolute Gasteiger partial charge is 0.161 e. The van der Waals surface area contributed by atoms with Crippen molar-refractivity contribution < 1.29 is 14.6 Å². The van der Waals surface area contributed by atoms with E-state index in [0.717, 1.165) is 36.5 Å². The molecule has 0 heterocycles. The summed E-state index contributed by atoms with van der Waals surface area (Å²) >= 11 is 2.28. The Labute approximate surface area is 210 Å². The van der Waals surface area contributed by atoms with E-state index in [9.17, 15) is 5.11 Å². The number of benzene rings is 1. The molecular weight excluding hydrogens is 511 g/mol. The van der Waals surface area contributed by atoms with Crippen LogP contribution in [0.5, 0.6) is 11.5 Å². The summed E-state index contributed by atoms with van der Waals surface area (Å²) in [6.45, 7) is 3.54. The van der Waals surface area contributed by atoms with Crippen molar-refractivity contribution in [2.24, 2.45) is 0 Å². The molecule has 1 rings (SSSR count). The number of rotatable bonds is 21. The molecule has 0 saturated carbocycles. The van der Waals surface area contributed by atoms with Gasteiger partial charge < -0.3 is 14.6 Å². The fraction of sp³-hybridized carbons (Fsp3) is 0.643. The summed E-state index contributed by atoms with van der Waals surface area (Å²) in [5.74, 6) is 1.57. The number of halogens is 1. The second-order valence-corrected chi connectivity index (χ2v) is 9.11. The molecule has 0 bridgehead atoms. The first kappa shape index (κ1) is 29.0. The summed E-state index contributed by atoms with van der Waals surface area (Å²) in [5, 5.41) is 9.46. The maximum atomic E-state index is 9.46. The summed E-state index contributed by atoms with van der Waals surface area (Å²) in [7, 11) is 0. The van der Waals surface area contributed by atoms with E-state index in [1.54, 1.807) is 0 Å². The molecule has 0 aromatic heterocycles. The molecule has 0 fully saturated rings. The van der Waals surface area contributed by atoms with Crippen LogP contribution in [-0.2, 0) is 6.61 Å². The Morgan fingerprint density at radius 3 is 1.81 bits per heavy atom. The average Bonchev–Trinajstić information content (AvgIpc) is 2.82. The van der Waals surface area contributed by atoms with Crippen LogP contribution in [0.1, 0.15) is 102 Å². The quantitative estimate of drug-likeness (QED) is 0.0934. The van der Waals surface area contributed by atoms with Gasteiger partial charge in [0.15, 0.2) is 11.5 Å². The van der Waals surface area contributed by atoms with E-state index in [2.05, 4.69) is 51.8 Å². The first-order valence-electron chi connectivity index (χ1n) is 12.7. The number of hydrogen-bond acceptors (Lipinski definition) is 3. The highest BCUT2D eigenvalue weighted by Gasteiger charge is 2.07. The number of aliphatic hydroxyl groups excluding tert-OH is 1. The van der Waals surface area contributed by atoms with Crippen molar-refractivity contribution >= 4 is 22.6 Å². The molecule has 182 valence electrons. The van der Waals surface area contributed by atoms with Crippen LogP contribution in [0, 0.1) is 0 Å². The standard InChI is InChI=1S/C28H45IO3/c1-2-3-4-5-6-8-11-15-18-23-32-28-24-26(25-30)19-20-27(28)31-22-17-14-12-9-7-10-13-16-21-29/h2-3,16,19-21,24,30H,4-15,17-18,22-23,25H2,1H3/b3-2-,21-16-. The Hall–Kier alpha value is -1.01. The van der Waals surface area contributed by atoms with Gasteiger partial charge in [0.1, 0.15) is 0 Å². The second kappa shape index (κ2) is 21.8. The Balaban J connectivity index is 2.20. The molecule has 1 aromatic rings. The van der Waals surface area contributed by atoms with E-state index >= 15 is 0 Å². The predicted molar refractivity (Wildman–Crippen MR) is 146 cm³/mol. The second-order valence-electron chi connectivity index (χ2n) is 8.39. The van der Waals surface area contributed by atoms with Gasteiger partial charge in [-0.25, -0.2) is 0 Å². The average molecular weight is 557 g/mol. The molecule has 1 aromatic carbocycles. The Morgan fingerprint density at radius 1 is 0.719 bits per heavy atom. The highest BCUT2D eigenvalue weighted by molar-refractivity contribution is 14.1. The van der Waals surface area contributed by atoms with Crippen LogP contribution in [0.4, 0.5) is 0 Å². The van der Waals surface area contributed by atoms with Crippen LogP contribution < -0.4 is 9.47 Å². The van der Waals surface area contributed by atoms with Crippen molar-refractivity contribution in [1.82, 2.24) is 0 Å². The molecule has 0 saturated heterocycles. The van der Waals surface area contributed by atoms with Gasteiger partial charge >= 0.3 is 0 Å². The third-order valence-electron chi connectivity index (χ3n) is 5.56. The van der Waals surface area contributed by atoms with Crippen LogP contribution in [0.25, 0.3) is 0 Å². The zero-order valence-electron chi connectivity index (χ0n) is 20.2. The molecule has 0 atom stereocenters. The van der Waals surface area contributed by atoms with Crippen molar-refractivity contribution in [2.75, 3.05) is 13.2 Å². The Morgan fingerprint density at radius 2 is 1.25 bits per heavy atom. The third-order valence-corrected chi connectivity index (χ3v) is 6.07. The summed E-state index contributed by atoms with van der Waals surface area (Å²) in [6, 6.07) is 5.77. The maximum Gasteiger partial charge on any atom is 0.161 e. The third kappa shape index (κ3) is 15.7. The van der Waals surface area contributed by atoms with E-state index < -0.39 is 0 Å². The molecule has 1 N–H and O–H groups in total. The topological polar surface area (TPSA) is 38.7 Å². The Kier molecular flexibility index (Phi) is 19.8. The molecule has 0 spiro atoms. The minimum Gasteiger partial charge on any atom is -0.490 e. The summed E-state index contributed by atoms with van der Waals surface area (Å²) in [4.78, 5) is 0. The summed E-state index contributed by atoms with van der Waals surface area (Å²) < 4.78 is 14.2. The van der Waals surface area contributed by atoms with Gasteiger partial charge in [-0.1, -0.05) is 98.3 Å². The van der Waals surface area contributed by atoms with Crippen LogP contribution in [0.15, 0.2) is 40.5 Å². The molecular formula is C28H45IO3. The fourth-order valence-electron chi connectivity index (χ4n) is 3.62. The van der Waals surface area contributed by atoms with Gasteiger partial charge in [-0.3, -0.25) is 0 Å². The number of unbranched alkanes of at least 4 members (excludes halogenated alkanes) is 12. The summed E-state index contributed by atoms with van der Waals surface area (Å²) in [5.41, 5.74) is 0.867. The van der Waals surface area contributed by atoms with Gasteiger partial charge in [0.25, 0.3) is 0 Å². The van der Waals surface area contributed by atoms with Gasteiger partial charge in [0.05, 0.1) is 19.8 Å². The molecule has 0 unspecified atom stereocenters. The molecule has 0 radical (unpaired) electrons. The van der Waals surface area contributed by atoms with Crippen LogP contribution in [0.3, 0.4) is 0 Å². The normalized spacial score (nSPS) is 11.6. The van der Waals surface area contributed by atoms with Gasteiger partial charge in [0.2, 0.25) is 0 Å². The lowest BCUT2D eigenvalue weighted by Gasteiger charge is -2.14. The number of aliphatic hydroxyl groups is 1. The van der Waals surface area contributed by atoms with Crippen molar-refractivity contribution in [3.8, 4) is 11.5 Å². The lowest BCUT2D eigenvalue weighted by atomic mass is 10.1. The summed E-state index contributed by atoms with van der Waals surface area (Å²) in [6.07, 6.45) is 24.0. The number of ether oxygens (including phenoxy) is 2. The SMILES string of the molecule is C/C=C\CCCCCCCCOc1cc(CO)ccc1OCCCCCCCC/C=C\I. The number of allylic oxidation sites excluding steroid dienone is 3. The highest BCUT2D eigenvalue weighted by atomic mass is 127.